The van der Waals surface area contributed by atoms with Gasteiger partial charge in [0.15, 0.2) is 0 Å². The number of hydrogen-bond acceptors (Lipinski definition) is 4. The monoisotopic (exact) mass is 337 g/mol. The molecule has 2 fully saturated rings. The first-order chi connectivity index (χ1) is 10.9. The molecule has 0 spiro atoms. The predicted molar refractivity (Wildman–Crippen MR) is 86.5 cm³/mol. The van der Waals surface area contributed by atoms with Crippen molar-refractivity contribution in [3.8, 4) is 0 Å². The zero-order valence-corrected chi connectivity index (χ0v) is 14.3. The van der Waals surface area contributed by atoms with Gasteiger partial charge in [0.1, 0.15) is 0 Å². The number of rotatable bonds is 5. The molecule has 6 heteroatoms. The molecular weight excluding hydrogens is 314 g/mol. The van der Waals surface area contributed by atoms with Crippen molar-refractivity contribution in [3.05, 3.63) is 29.8 Å². The number of esters is 1. The number of methoxy groups -OCH3 is 1. The average Bonchev–Trinajstić information content (AvgIpc) is 3.17. The molecule has 1 aromatic rings. The first-order valence-electron chi connectivity index (χ1n) is 8.11. The summed E-state index contributed by atoms with van der Waals surface area (Å²) in [5, 5.41) is 0. The lowest BCUT2D eigenvalue weighted by Crippen LogP contribution is -2.40. The third kappa shape index (κ3) is 3.28. The Morgan fingerprint density at radius 1 is 1.30 bits per heavy atom. The van der Waals surface area contributed by atoms with Crippen molar-refractivity contribution in [1.82, 2.24) is 4.72 Å². The van der Waals surface area contributed by atoms with Crippen molar-refractivity contribution in [1.29, 1.82) is 0 Å². The van der Waals surface area contributed by atoms with Crippen molar-refractivity contribution < 1.29 is 17.9 Å². The van der Waals surface area contributed by atoms with E-state index >= 15 is 0 Å². The van der Waals surface area contributed by atoms with Crippen LogP contribution in [0.2, 0.25) is 0 Å². The molecule has 3 rings (SSSR count). The molecule has 2 aliphatic rings. The molecule has 2 aliphatic carbocycles. The Hall–Kier alpha value is -1.40. The van der Waals surface area contributed by atoms with Gasteiger partial charge in [-0.05, 0) is 62.1 Å². The van der Waals surface area contributed by atoms with Crippen molar-refractivity contribution in [2.75, 3.05) is 7.11 Å². The lowest BCUT2D eigenvalue weighted by atomic mass is 9.84. The van der Waals surface area contributed by atoms with Crippen LogP contribution in [0.4, 0.5) is 0 Å². The van der Waals surface area contributed by atoms with Gasteiger partial charge in [0, 0.05) is 6.04 Å². The molecule has 0 heterocycles. The normalized spacial score (nSPS) is 27.8. The van der Waals surface area contributed by atoms with Gasteiger partial charge in [-0.3, -0.25) is 0 Å². The summed E-state index contributed by atoms with van der Waals surface area (Å²) in [5.74, 6) is 1.31. The fraction of sp³-hybridized carbons (Fsp3) is 0.588. The smallest absolute Gasteiger partial charge is 0.337 e. The molecule has 126 valence electrons. The van der Waals surface area contributed by atoms with Gasteiger partial charge in [-0.1, -0.05) is 12.5 Å². The fourth-order valence-electron chi connectivity index (χ4n) is 4.21. The summed E-state index contributed by atoms with van der Waals surface area (Å²) in [7, 11) is -2.36. The van der Waals surface area contributed by atoms with Crippen LogP contribution in [0.3, 0.4) is 0 Å². The molecule has 0 radical (unpaired) electrons. The van der Waals surface area contributed by atoms with Gasteiger partial charge in [0.2, 0.25) is 10.0 Å². The van der Waals surface area contributed by atoms with Gasteiger partial charge in [-0.25, -0.2) is 17.9 Å². The summed E-state index contributed by atoms with van der Waals surface area (Å²) in [6, 6.07) is 5.88. The van der Waals surface area contributed by atoms with Crippen molar-refractivity contribution >= 4 is 16.0 Å². The standard InChI is InChI=1S/C17H23NO4S/c1-11(16-9-12-6-7-13(16)8-12)18-23(20,21)15-5-3-4-14(10-15)17(19)22-2/h3-5,10-13,16,18H,6-9H2,1-2H3. The van der Waals surface area contributed by atoms with Crippen LogP contribution in [0, 0.1) is 17.8 Å². The highest BCUT2D eigenvalue weighted by Gasteiger charge is 2.42. The topological polar surface area (TPSA) is 72.5 Å². The highest BCUT2D eigenvalue weighted by atomic mass is 32.2. The van der Waals surface area contributed by atoms with Crippen molar-refractivity contribution in [3.63, 3.8) is 0 Å². The van der Waals surface area contributed by atoms with Gasteiger partial charge in [0.25, 0.3) is 0 Å². The van der Waals surface area contributed by atoms with Gasteiger partial charge < -0.3 is 4.74 Å². The van der Waals surface area contributed by atoms with E-state index in [9.17, 15) is 13.2 Å². The van der Waals surface area contributed by atoms with Gasteiger partial charge in [-0.15, -0.1) is 0 Å². The van der Waals surface area contributed by atoms with Crippen LogP contribution in [0.15, 0.2) is 29.2 Å². The Kier molecular flexibility index (Phi) is 4.47. The van der Waals surface area contributed by atoms with Crippen LogP contribution in [-0.4, -0.2) is 27.5 Å². The van der Waals surface area contributed by atoms with Gasteiger partial charge in [-0.2, -0.15) is 0 Å². The summed E-state index contributed by atoms with van der Waals surface area (Å²) in [6.07, 6.45) is 4.88. The second kappa shape index (κ2) is 6.24. The van der Waals surface area contributed by atoms with Crippen LogP contribution in [0.25, 0.3) is 0 Å². The molecule has 1 N–H and O–H groups in total. The summed E-state index contributed by atoms with van der Waals surface area (Å²) >= 11 is 0. The second-order valence-corrected chi connectivity index (χ2v) is 8.48. The molecule has 4 unspecified atom stereocenters. The third-order valence-corrected chi connectivity index (χ3v) is 6.90. The SMILES string of the molecule is COC(=O)c1cccc(S(=O)(=O)NC(C)C2CC3CCC2C3)c1. The Balaban J connectivity index is 1.75. The number of carbonyl (C=O) groups excluding carboxylic acids is 1. The number of benzene rings is 1. The molecule has 2 bridgehead atoms. The van der Waals surface area contributed by atoms with E-state index in [-0.39, 0.29) is 16.5 Å². The Bertz CT molecular complexity index is 700. The minimum atomic E-state index is -3.64. The van der Waals surface area contributed by atoms with E-state index in [4.69, 9.17) is 0 Å². The molecule has 0 aliphatic heterocycles. The predicted octanol–water partition coefficient (Wildman–Crippen LogP) is 2.58. The fourth-order valence-corrected chi connectivity index (χ4v) is 5.55. The van der Waals surface area contributed by atoms with E-state index in [2.05, 4.69) is 9.46 Å². The lowest BCUT2D eigenvalue weighted by molar-refractivity contribution is 0.0600. The maximum atomic E-state index is 12.6. The van der Waals surface area contributed by atoms with E-state index in [0.29, 0.717) is 11.8 Å². The molecule has 0 aromatic heterocycles. The van der Waals surface area contributed by atoms with Crippen LogP contribution in [0.1, 0.15) is 43.0 Å². The molecular formula is C17H23NO4S. The average molecular weight is 337 g/mol. The van der Waals surface area contributed by atoms with Crippen LogP contribution in [0.5, 0.6) is 0 Å². The quantitative estimate of drug-likeness (QED) is 0.838. The first-order valence-corrected chi connectivity index (χ1v) is 9.59. The summed E-state index contributed by atoms with van der Waals surface area (Å²) in [4.78, 5) is 11.7. The molecule has 0 amide bonds. The van der Waals surface area contributed by atoms with Crippen LogP contribution >= 0.6 is 0 Å². The second-order valence-electron chi connectivity index (χ2n) is 6.77. The van der Waals surface area contributed by atoms with Crippen molar-refractivity contribution in [2.45, 2.75) is 43.5 Å². The summed E-state index contributed by atoms with van der Waals surface area (Å²) in [6.45, 7) is 1.95. The van der Waals surface area contributed by atoms with E-state index in [1.165, 1.54) is 38.5 Å². The Morgan fingerprint density at radius 3 is 2.70 bits per heavy atom. The van der Waals surface area contributed by atoms with Crippen molar-refractivity contribution in [2.24, 2.45) is 17.8 Å². The largest absolute Gasteiger partial charge is 0.465 e. The third-order valence-electron chi connectivity index (χ3n) is 5.34. The molecule has 0 saturated heterocycles. The van der Waals surface area contributed by atoms with E-state index in [1.807, 2.05) is 6.92 Å². The van der Waals surface area contributed by atoms with Crippen LogP contribution in [-0.2, 0) is 14.8 Å². The number of ether oxygens (including phenoxy) is 1. The zero-order chi connectivity index (χ0) is 16.6. The number of carbonyl (C=O) groups is 1. The number of hydrogen-bond donors (Lipinski definition) is 1. The highest BCUT2D eigenvalue weighted by molar-refractivity contribution is 7.89. The molecule has 1 aromatic carbocycles. The van der Waals surface area contributed by atoms with Gasteiger partial charge >= 0.3 is 5.97 Å². The maximum absolute atomic E-state index is 12.6. The Labute approximate surface area is 137 Å². The number of fused-ring (bicyclic) bond motifs is 2. The number of nitrogens with one attached hydrogen (secondary N) is 1. The minimum absolute atomic E-state index is 0.0860. The molecule has 5 nitrogen and oxygen atoms in total. The summed E-state index contributed by atoms with van der Waals surface area (Å²) in [5.41, 5.74) is 0.239. The number of sulfonamides is 1. The molecule has 2 saturated carbocycles. The lowest BCUT2D eigenvalue weighted by Gasteiger charge is -2.28. The zero-order valence-electron chi connectivity index (χ0n) is 13.5. The highest BCUT2D eigenvalue weighted by Crippen LogP contribution is 2.49. The van der Waals surface area contributed by atoms with E-state index in [0.717, 1.165) is 12.3 Å². The van der Waals surface area contributed by atoms with Crippen LogP contribution < -0.4 is 4.72 Å². The van der Waals surface area contributed by atoms with E-state index < -0.39 is 16.0 Å². The summed E-state index contributed by atoms with van der Waals surface area (Å²) < 4.78 is 32.7. The first kappa shape index (κ1) is 16.5. The molecule has 23 heavy (non-hydrogen) atoms. The minimum Gasteiger partial charge on any atom is -0.465 e. The van der Waals surface area contributed by atoms with E-state index in [1.54, 1.807) is 12.1 Å². The van der Waals surface area contributed by atoms with Gasteiger partial charge in [0.05, 0.1) is 17.6 Å². The molecule has 4 atom stereocenters. The maximum Gasteiger partial charge on any atom is 0.337 e. The Morgan fingerprint density at radius 2 is 2.09 bits per heavy atom.